The summed E-state index contributed by atoms with van der Waals surface area (Å²) in [5, 5.41) is 2.68. The first kappa shape index (κ1) is 13.3. The SMILES string of the molecule is O=C(COC(=O)C1CCC1)Nc1ccc(I)cc1. The van der Waals surface area contributed by atoms with Gasteiger partial charge in [-0.05, 0) is 59.7 Å². The molecule has 96 valence electrons. The average Bonchev–Trinajstić information content (AvgIpc) is 2.27. The third-order valence-electron chi connectivity index (χ3n) is 2.91. The fourth-order valence-electron chi connectivity index (χ4n) is 1.63. The second kappa shape index (κ2) is 6.17. The van der Waals surface area contributed by atoms with Crippen molar-refractivity contribution in [3.63, 3.8) is 0 Å². The highest BCUT2D eigenvalue weighted by Gasteiger charge is 2.26. The van der Waals surface area contributed by atoms with Crippen LogP contribution in [0, 0.1) is 9.49 Å². The number of halogens is 1. The number of nitrogens with one attached hydrogen (secondary N) is 1. The van der Waals surface area contributed by atoms with Crippen LogP contribution in [0.5, 0.6) is 0 Å². The van der Waals surface area contributed by atoms with E-state index in [1.807, 2.05) is 24.3 Å². The van der Waals surface area contributed by atoms with Gasteiger partial charge in [0.25, 0.3) is 5.91 Å². The van der Waals surface area contributed by atoms with Gasteiger partial charge in [0.1, 0.15) is 0 Å². The lowest BCUT2D eigenvalue weighted by Crippen LogP contribution is -2.28. The third kappa shape index (κ3) is 3.69. The van der Waals surface area contributed by atoms with E-state index in [-0.39, 0.29) is 24.4 Å². The number of benzene rings is 1. The highest BCUT2D eigenvalue weighted by atomic mass is 127. The summed E-state index contributed by atoms with van der Waals surface area (Å²) in [4.78, 5) is 23.0. The van der Waals surface area contributed by atoms with Gasteiger partial charge in [-0.2, -0.15) is 0 Å². The van der Waals surface area contributed by atoms with Gasteiger partial charge in [0.05, 0.1) is 5.92 Å². The van der Waals surface area contributed by atoms with Crippen LogP contribution in [0.3, 0.4) is 0 Å². The molecule has 1 N–H and O–H groups in total. The number of anilines is 1. The lowest BCUT2D eigenvalue weighted by Gasteiger charge is -2.22. The van der Waals surface area contributed by atoms with E-state index in [1.165, 1.54) is 0 Å². The van der Waals surface area contributed by atoms with E-state index >= 15 is 0 Å². The summed E-state index contributed by atoms with van der Waals surface area (Å²) < 4.78 is 6.05. The van der Waals surface area contributed by atoms with E-state index in [0.717, 1.165) is 22.8 Å². The Balaban J connectivity index is 1.74. The topological polar surface area (TPSA) is 55.4 Å². The van der Waals surface area contributed by atoms with Crippen molar-refractivity contribution >= 4 is 40.2 Å². The van der Waals surface area contributed by atoms with Crippen LogP contribution in [0.1, 0.15) is 19.3 Å². The number of rotatable bonds is 4. The van der Waals surface area contributed by atoms with E-state index in [1.54, 1.807) is 0 Å². The summed E-state index contributed by atoms with van der Waals surface area (Å²) in [5.41, 5.74) is 0.708. The molecular weight excluding hydrogens is 345 g/mol. The maximum absolute atomic E-state index is 11.5. The lowest BCUT2D eigenvalue weighted by atomic mass is 9.86. The van der Waals surface area contributed by atoms with Gasteiger partial charge in [0.2, 0.25) is 0 Å². The number of carbonyl (C=O) groups excluding carboxylic acids is 2. The first-order valence-corrected chi connectivity index (χ1v) is 6.95. The molecule has 0 aliphatic heterocycles. The zero-order valence-electron chi connectivity index (χ0n) is 9.82. The van der Waals surface area contributed by atoms with E-state index in [0.29, 0.717) is 5.69 Å². The van der Waals surface area contributed by atoms with Crippen molar-refractivity contribution in [2.45, 2.75) is 19.3 Å². The molecule has 0 saturated heterocycles. The number of esters is 1. The minimum Gasteiger partial charge on any atom is -0.455 e. The van der Waals surface area contributed by atoms with Crippen molar-refractivity contribution < 1.29 is 14.3 Å². The molecule has 2 rings (SSSR count). The van der Waals surface area contributed by atoms with Crippen molar-refractivity contribution in [3.8, 4) is 0 Å². The third-order valence-corrected chi connectivity index (χ3v) is 3.63. The van der Waals surface area contributed by atoms with Crippen LogP contribution in [0.25, 0.3) is 0 Å². The van der Waals surface area contributed by atoms with Gasteiger partial charge in [-0.15, -0.1) is 0 Å². The van der Waals surface area contributed by atoms with Gasteiger partial charge in [0, 0.05) is 9.26 Å². The molecule has 0 radical (unpaired) electrons. The molecule has 18 heavy (non-hydrogen) atoms. The number of carbonyl (C=O) groups is 2. The first-order chi connectivity index (χ1) is 8.65. The summed E-state index contributed by atoms with van der Waals surface area (Å²) in [5.74, 6) is -0.543. The summed E-state index contributed by atoms with van der Waals surface area (Å²) in [7, 11) is 0. The van der Waals surface area contributed by atoms with E-state index in [9.17, 15) is 9.59 Å². The van der Waals surface area contributed by atoms with Gasteiger partial charge in [-0.1, -0.05) is 6.42 Å². The molecule has 1 saturated carbocycles. The Hall–Kier alpha value is -1.11. The standard InChI is InChI=1S/C13H14INO3/c14-10-4-6-11(7-5-10)15-12(16)8-18-13(17)9-2-1-3-9/h4-7,9H,1-3,8H2,(H,15,16). The molecule has 1 aliphatic rings. The van der Waals surface area contributed by atoms with Crippen LogP contribution in [-0.2, 0) is 14.3 Å². The highest BCUT2D eigenvalue weighted by molar-refractivity contribution is 14.1. The van der Waals surface area contributed by atoms with Crippen LogP contribution in [0.2, 0.25) is 0 Å². The van der Waals surface area contributed by atoms with Gasteiger partial charge >= 0.3 is 5.97 Å². The van der Waals surface area contributed by atoms with E-state index < -0.39 is 0 Å². The summed E-state index contributed by atoms with van der Waals surface area (Å²) in [6, 6.07) is 7.42. The van der Waals surface area contributed by atoms with E-state index in [4.69, 9.17) is 4.74 Å². The van der Waals surface area contributed by atoms with Crippen molar-refractivity contribution in [2.75, 3.05) is 11.9 Å². The monoisotopic (exact) mass is 359 g/mol. The quantitative estimate of drug-likeness (QED) is 0.664. The Labute approximate surface area is 119 Å². The second-order valence-corrected chi connectivity index (χ2v) is 5.54. The van der Waals surface area contributed by atoms with Crippen molar-refractivity contribution in [2.24, 2.45) is 5.92 Å². The number of amides is 1. The molecule has 1 aliphatic carbocycles. The van der Waals surface area contributed by atoms with Crippen LogP contribution in [-0.4, -0.2) is 18.5 Å². The molecule has 1 fully saturated rings. The Morgan fingerprint density at radius 1 is 1.28 bits per heavy atom. The van der Waals surface area contributed by atoms with Crippen LogP contribution in [0.4, 0.5) is 5.69 Å². The van der Waals surface area contributed by atoms with Gasteiger partial charge < -0.3 is 10.1 Å². The largest absolute Gasteiger partial charge is 0.455 e. The molecule has 0 heterocycles. The molecular formula is C13H14INO3. The highest BCUT2D eigenvalue weighted by Crippen LogP contribution is 2.27. The molecule has 5 heteroatoms. The minimum absolute atomic E-state index is 0.0103. The maximum atomic E-state index is 11.5. The van der Waals surface area contributed by atoms with Crippen molar-refractivity contribution in [3.05, 3.63) is 27.8 Å². The Morgan fingerprint density at radius 2 is 1.94 bits per heavy atom. The normalized spacial score (nSPS) is 14.7. The molecule has 1 aromatic rings. The number of hydrogen-bond donors (Lipinski definition) is 1. The maximum Gasteiger partial charge on any atom is 0.309 e. The first-order valence-electron chi connectivity index (χ1n) is 5.87. The second-order valence-electron chi connectivity index (χ2n) is 4.29. The molecule has 0 spiro atoms. The number of hydrogen-bond acceptors (Lipinski definition) is 3. The molecule has 0 aromatic heterocycles. The molecule has 4 nitrogen and oxygen atoms in total. The molecule has 1 amide bonds. The van der Waals surface area contributed by atoms with Gasteiger partial charge in [-0.3, -0.25) is 9.59 Å². The summed E-state index contributed by atoms with van der Waals surface area (Å²) >= 11 is 2.19. The summed E-state index contributed by atoms with van der Waals surface area (Å²) in [6.07, 6.45) is 2.85. The predicted molar refractivity (Wildman–Crippen MR) is 76.1 cm³/mol. The molecule has 0 bridgehead atoms. The van der Waals surface area contributed by atoms with E-state index in [2.05, 4.69) is 27.9 Å². The van der Waals surface area contributed by atoms with Crippen LogP contribution < -0.4 is 5.32 Å². The molecule has 0 atom stereocenters. The zero-order valence-corrected chi connectivity index (χ0v) is 12.0. The minimum atomic E-state index is -0.302. The van der Waals surface area contributed by atoms with Crippen molar-refractivity contribution in [1.82, 2.24) is 0 Å². The predicted octanol–water partition coefficient (Wildman–Crippen LogP) is 2.57. The fourth-order valence-corrected chi connectivity index (χ4v) is 1.99. The smallest absolute Gasteiger partial charge is 0.309 e. The van der Waals surface area contributed by atoms with Crippen molar-refractivity contribution in [1.29, 1.82) is 0 Å². The average molecular weight is 359 g/mol. The summed E-state index contributed by atoms with van der Waals surface area (Å²) in [6.45, 7) is -0.207. The van der Waals surface area contributed by atoms with Crippen LogP contribution >= 0.6 is 22.6 Å². The van der Waals surface area contributed by atoms with Crippen LogP contribution in [0.15, 0.2) is 24.3 Å². The Bertz CT molecular complexity index is 440. The van der Waals surface area contributed by atoms with Gasteiger partial charge in [-0.25, -0.2) is 0 Å². The van der Waals surface area contributed by atoms with Gasteiger partial charge in [0.15, 0.2) is 6.61 Å². The zero-order chi connectivity index (χ0) is 13.0. The Kier molecular flexibility index (Phi) is 4.57. The molecule has 0 unspecified atom stereocenters. The lowest BCUT2D eigenvalue weighted by molar-refractivity contribution is -0.154. The Morgan fingerprint density at radius 3 is 2.50 bits per heavy atom. The molecule has 1 aromatic carbocycles. The number of ether oxygens (including phenoxy) is 1. The fraction of sp³-hybridized carbons (Fsp3) is 0.385.